The summed E-state index contributed by atoms with van der Waals surface area (Å²) >= 11 is 2.31. The molecule has 0 bridgehead atoms. The number of rotatable bonds is 3. The number of hydrogen-bond acceptors (Lipinski definition) is 5. The van der Waals surface area contributed by atoms with Crippen LogP contribution in [0.25, 0.3) is 0 Å². The summed E-state index contributed by atoms with van der Waals surface area (Å²) in [6, 6.07) is 5.81. The van der Waals surface area contributed by atoms with Crippen molar-refractivity contribution in [2.45, 2.75) is 84.1 Å². The second-order valence-electron chi connectivity index (χ2n) is 9.26. The standard InChI is InChI=1S/C21H30INO5/c1-19(2,3)28-18(24)23-14(17(12-22)25-20(23,4)5)10-13-8-9-15-16(11-13)27-21(6,7)26-15/h8-9,11,14,17H,10,12H2,1-7H3/t14-,17+/m0/s1. The van der Waals surface area contributed by atoms with Crippen LogP contribution in [0.4, 0.5) is 4.79 Å². The summed E-state index contributed by atoms with van der Waals surface area (Å²) in [5.41, 5.74) is -0.235. The fraction of sp³-hybridized carbons (Fsp3) is 0.667. The lowest BCUT2D eigenvalue weighted by molar-refractivity contribution is -0.0745. The predicted molar refractivity (Wildman–Crippen MR) is 115 cm³/mol. The van der Waals surface area contributed by atoms with Crippen molar-refractivity contribution in [2.24, 2.45) is 0 Å². The summed E-state index contributed by atoms with van der Waals surface area (Å²) < 4.78 is 24.3. The summed E-state index contributed by atoms with van der Waals surface area (Å²) in [7, 11) is 0. The minimum Gasteiger partial charge on any atom is -0.449 e. The van der Waals surface area contributed by atoms with Gasteiger partial charge in [0.05, 0.1) is 12.1 Å². The van der Waals surface area contributed by atoms with Crippen LogP contribution in [0.3, 0.4) is 0 Å². The minimum absolute atomic E-state index is 0.0787. The van der Waals surface area contributed by atoms with Crippen molar-refractivity contribution in [1.82, 2.24) is 4.90 Å². The van der Waals surface area contributed by atoms with Crippen LogP contribution in [-0.2, 0) is 15.9 Å². The van der Waals surface area contributed by atoms with Gasteiger partial charge >= 0.3 is 6.09 Å². The molecule has 1 aromatic rings. The zero-order valence-corrected chi connectivity index (χ0v) is 19.8. The Hall–Kier alpha value is -1.22. The molecule has 7 heteroatoms. The Labute approximate surface area is 181 Å². The van der Waals surface area contributed by atoms with E-state index in [4.69, 9.17) is 18.9 Å². The largest absolute Gasteiger partial charge is 0.449 e. The van der Waals surface area contributed by atoms with Gasteiger partial charge in [0.25, 0.3) is 0 Å². The molecule has 0 aromatic heterocycles. The average molecular weight is 503 g/mol. The van der Waals surface area contributed by atoms with E-state index >= 15 is 0 Å². The number of carbonyl (C=O) groups is 1. The van der Waals surface area contributed by atoms with Crippen molar-refractivity contribution in [3.8, 4) is 11.5 Å². The number of fused-ring (bicyclic) bond motifs is 1. The summed E-state index contributed by atoms with van der Waals surface area (Å²) in [5, 5.41) is 0. The van der Waals surface area contributed by atoms with Gasteiger partial charge in [-0.15, -0.1) is 0 Å². The van der Waals surface area contributed by atoms with Gasteiger partial charge in [-0.05, 0) is 58.7 Å². The molecule has 2 aliphatic rings. The van der Waals surface area contributed by atoms with E-state index in [1.807, 2.05) is 66.7 Å². The normalized spacial score (nSPS) is 25.1. The Morgan fingerprint density at radius 1 is 1.18 bits per heavy atom. The van der Waals surface area contributed by atoms with E-state index < -0.39 is 17.1 Å². The quantitative estimate of drug-likeness (QED) is 0.434. The Kier molecular flexibility index (Phi) is 5.55. The molecule has 2 aliphatic heterocycles. The van der Waals surface area contributed by atoms with Crippen LogP contribution in [0.15, 0.2) is 18.2 Å². The van der Waals surface area contributed by atoms with Gasteiger partial charge in [0.1, 0.15) is 11.3 Å². The zero-order chi connectivity index (χ0) is 20.9. The Morgan fingerprint density at radius 3 is 2.43 bits per heavy atom. The highest BCUT2D eigenvalue weighted by Gasteiger charge is 2.50. The second-order valence-corrected chi connectivity index (χ2v) is 10.1. The molecule has 1 aromatic carbocycles. The molecular weight excluding hydrogens is 473 g/mol. The molecule has 2 atom stereocenters. The summed E-state index contributed by atoms with van der Waals surface area (Å²) in [6.45, 7) is 13.2. The fourth-order valence-electron chi connectivity index (χ4n) is 3.73. The van der Waals surface area contributed by atoms with Crippen LogP contribution in [0.5, 0.6) is 11.5 Å². The Balaban J connectivity index is 1.86. The molecule has 0 aliphatic carbocycles. The number of halogens is 1. The van der Waals surface area contributed by atoms with Gasteiger partial charge < -0.3 is 18.9 Å². The van der Waals surface area contributed by atoms with E-state index in [9.17, 15) is 4.79 Å². The molecule has 1 amide bonds. The molecule has 0 unspecified atom stereocenters. The first-order chi connectivity index (χ1) is 12.8. The van der Waals surface area contributed by atoms with Crippen LogP contribution in [0.1, 0.15) is 54.0 Å². The third kappa shape index (κ3) is 4.50. The lowest BCUT2D eigenvalue weighted by atomic mass is 10.0. The molecule has 2 heterocycles. The van der Waals surface area contributed by atoms with Crippen molar-refractivity contribution in [3.63, 3.8) is 0 Å². The lowest BCUT2D eigenvalue weighted by Gasteiger charge is -2.35. The maximum absolute atomic E-state index is 13.0. The lowest BCUT2D eigenvalue weighted by Crippen LogP contribution is -2.51. The van der Waals surface area contributed by atoms with Crippen molar-refractivity contribution in [2.75, 3.05) is 4.43 Å². The SMILES string of the molecule is CC(C)(C)OC(=O)N1[C@@H](Cc2ccc3c(c2)OC(C)(C)O3)[C@@H](CI)OC1(C)C. The molecule has 0 N–H and O–H groups in total. The number of amides is 1. The van der Waals surface area contributed by atoms with Crippen LogP contribution < -0.4 is 9.47 Å². The summed E-state index contributed by atoms with van der Waals surface area (Å²) in [5.74, 6) is 0.814. The van der Waals surface area contributed by atoms with Gasteiger partial charge in [0, 0.05) is 18.3 Å². The van der Waals surface area contributed by atoms with E-state index in [2.05, 4.69) is 22.6 Å². The maximum atomic E-state index is 13.0. The van der Waals surface area contributed by atoms with Crippen molar-refractivity contribution in [1.29, 1.82) is 0 Å². The summed E-state index contributed by atoms with van der Waals surface area (Å²) in [6.07, 6.45) is 0.217. The van der Waals surface area contributed by atoms with Crippen LogP contribution in [0, 0.1) is 0 Å². The smallest absolute Gasteiger partial charge is 0.412 e. The number of nitrogens with zero attached hydrogens (tertiary/aromatic N) is 1. The van der Waals surface area contributed by atoms with Gasteiger partial charge in [-0.1, -0.05) is 28.7 Å². The molecule has 1 fully saturated rings. The number of hydrogen-bond donors (Lipinski definition) is 0. The van der Waals surface area contributed by atoms with E-state index in [0.29, 0.717) is 6.42 Å². The van der Waals surface area contributed by atoms with E-state index in [1.165, 1.54) is 0 Å². The van der Waals surface area contributed by atoms with Crippen molar-refractivity contribution < 1.29 is 23.7 Å². The number of alkyl halides is 1. The summed E-state index contributed by atoms with van der Waals surface area (Å²) in [4.78, 5) is 14.7. The van der Waals surface area contributed by atoms with Gasteiger partial charge in [0.2, 0.25) is 5.79 Å². The minimum atomic E-state index is -0.735. The first kappa shape index (κ1) is 21.5. The number of ether oxygens (including phenoxy) is 4. The van der Waals surface area contributed by atoms with E-state index in [0.717, 1.165) is 21.5 Å². The zero-order valence-electron chi connectivity index (χ0n) is 17.7. The van der Waals surface area contributed by atoms with Crippen molar-refractivity contribution in [3.05, 3.63) is 23.8 Å². The highest BCUT2D eigenvalue weighted by molar-refractivity contribution is 14.1. The van der Waals surface area contributed by atoms with Gasteiger partial charge in [0.15, 0.2) is 11.5 Å². The van der Waals surface area contributed by atoms with Crippen molar-refractivity contribution >= 4 is 28.7 Å². The Morgan fingerprint density at radius 2 is 1.82 bits per heavy atom. The molecule has 0 saturated carbocycles. The van der Waals surface area contributed by atoms with Gasteiger partial charge in [-0.2, -0.15) is 0 Å². The third-order valence-electron chi connectivity index (χ3n) is 4.69. The number of carbonyl (C=O) groups excluding carboxylic acids is 1. The molecule has 1 saturated heterocycles. The molecule has 156 valence electrons. The van der Waals surface area contributed by atoms with Crippen LogP contribution >= 0.6 is 22.6 Å². The molecule has 28 heavy (non-hydrogen) atoms. The molecule has 3 rings (SSSR count). The highest BCUT2D eigenvalue weighted by Crippen LogP contribution is 2.41. The average Bonchev–Trinajstić information content (AvgIpc) is 2.96. The molecule has 6 nitrogen and oxygen atoms in total. The topological polar surface area (TPSA) is 57.2 Å². The van der Waals surface area contributed by atoms with E-state index in [-0.39, 0.29) is 18.2 Å². The van der Waals surface area contributed by atoms with Crippen LogP contribution in [0.2, 0.25) is 0 Å². The predicted octanol–water partition coefficient (Wildman–Crippen LogP) is 4.91. The first-order valence-corrected chi connectivity index (χ1v) is 11.1. The fourth-order valence-corrected chi connectivity index (χ4v) is 4.50. The second kappa shape index (κ2) is 7.23. The molecule has 0 spiro atoms. The molecule has 0 radical (unpaired) electrons. The number of benzene rings is 1. The monoisotopic (exact) mass is 503 g/mol. The maximum Gasteiger partial charge on any atom is 0.412 e. The highest BCUT2D eigenvalue weighted by atomic mass is 127. The van der Waals surface area contributed by atoms with Gasteiger partial charge in [-0.3, -0.25) is 4.90 Å². The van der Waals surface area contributed by atoms with E-state index in [1.54, 1.807) is 4.90 Å². The Bertz CT molecular complexity index is 756. The first-order valence-electron chi connectivity index (χ1n) is 9.58. The third-order valence-corrected chi connectivity index (χ3v) is 5.56. The van der Waals surface area contributed by atoms with Gasteiger partial charge in [-0.25, -0.2) is 4.79 Å². The molecular formula is C21H30INO5. The van der Waals surface area contributed by atoms with Crippen LogP contribution in [-0.4, -0.2) is 44.7 Å².